The molecule has 3 N–H and O–H groups in total. The van der Waals surface area contributed by atoms with Gasteiger partial charge in [0.05, 0.1) is 11.7 Å². The van der Waals surface area contributed by atoms with Crippen molar-refractivity contribution >= 4 is 45.8 Å². The average Bonchev–Trinajstić information content (AvgIpc) is 3.64. The molecule has 0 atom stereocenters. The van der Waals surface area contributed by atoms with E-state index in [0.29, 0.717) is 72.0 Å². The molecule has 54 heavy (non-hydrogen) atoms. The lowest BCUT2D eigenvalue weighted by atomic mass is 9.72. The quantitative estimate of drug-likeness (QED) is 0.141. The van der Waals surface area contributed by atoms with Crippen molar-refractivity contribution < 1.29 is 22.7 Å². The summed E-state index contributed by atoms with van der Waals surface area (Å²) in [6, 6.07) is 5.75. The van der Waals surface area contributed by atoms with Gasteiger partial charge in [-0.3, -0.25) is 19.8 Å². The topological polar surface area (TPSA) is 129 Å². The van der Waals surface area contributed by atoms with Gasteiger partial charge in [-0.2, -0.15) is 18.3 Å². The van der Waals surface area contributed by atoms with Crippen LogP contribution >= 0.6 is 0 Å². The van der Waals surface area contributed by atoms with Crippen LogP contribution in [0.5, 0.6) is 5.75 Å². The van der Waals surface area contributed by atoms with Gasteiger partial charge in [0.15, 0.2) is 12.4 Å². The van der Waals surface area contributed by atoms with Crippen LogP contribution in [-0.4, -0.2) is 108 Å². The average molecular weight is 742 g/mol. The van der Waals surface area contributed by atoms with E-state index in [1.807, 2.05) is 30.0 Å². The van der Waals surface area contributed by atoms with E-state index in [-0.39, 0.29) is 23.0 Å². The Morgan fingerprint density at radius 2 is 1.85 bits per heavy atom. The molecule has 0 bridgehead atoms. The van der Waals surface area contributed by atoms with Gasteiger partial charge >= 0.3 is 6.18 Å². The zero-order valence-corrected chi connectivity index (χ0v) is 30.8. The number of anilines is 1. The maximum Gasteiger partial charge on any atom is 0.422 e. The minimum absolute atomic E-state index is 0.0220. The number of rotatable bonds is 10. The lowest BCUT2D eigenvalue weighted by molar-refractivity contribution is -0.153. The van der Waals surface area contributed by atoms with Gasteiger partial charge < -0.3 is 20.3 Å². The van der Waals surface area contributed by atoms with Gasteiger partial charge in [0.25, 0.3) is 0 Å². The molecule has 284 valence electrons. The van der Waals surface area contributed by atoms with E-state index in [4.69, 9.17) is 20.4 Å². The largest absolute Gasteiger partial charge is 0.481 e. The molecule has 11 nitrogen and oxygen atoms in total. The number of benzene rings is 2. The van der Waals surface area contributed by atoms with Crippen LogP contribution in [0.1, 0.15) is 48.6 Å². The molecule has 0 unspecified atom stereocenters. The molecule has 3 fully saturated rings. The maximum absolute atomic E-state index is 14.0. The molecular weight excluding hydrogens is 695 g/mol. The fourth-order valence-corrected chi connectivity index (χ4v) is 8.32. The molecule has 2 aromatic heterocycles. The first-order valence-electron chi connectivity index (χ1n) is 18.3. The molecule has 0 radical (unpaired) electrons. The number of aromatic nitrogens is 4. The van der Waals surface area contributed by atoms with Crippen molar-refractivity contribution in [3.05, 3.63) is 72.4 Å². The number of alkyl halides is 3. The molecule has 7 rings (SSSR count). The third-order valence-corrected chi connectivity index (χ3v) is 11.2. The highest BCUT2D eigenvalue weighted by Crippen LogP contribution is 2.48. The first kappa shape index (κ1) is 37.1. The van der Waals surface area contributed by atoms with E-state index in [1.54, 1.807) is 31.7 Å². The summed E-state index contributed by atoms with van der Waals surface area (Å²) < 4.78 is 48.0. The highest BCUT2D eigenvalue weighted by molar-refractivity contribution is 6.07. The first-order chi connectivity index (χ1) is 26.0. The fraction of sp³-hybridized carbons (Fsp3) is 0.425. The molecule has 0 saturated carbocycles. The Morgan fingerprint density at radius 1 is 1.11 bits per heavy atom. The molecule has 3 saturated heterocycles. The summed E-state index contributed by atoms with van der Waals surface area (Å²) in [5.41, 5.74) is 10.5. The van der Waals surface area contributed by atoms with Gasteiger partial charge in [-0.15, -0.1) is 0 Å². The van der Waals surface area contributed by atoms with Crippen molar-refractivity contribution in [1.82, 2.24) is 30.0 Å². The normalized spacial score (nSPS) is 18.5. The zero-order valence-electron chi connectivity index (χ0n) is 30.8. The molecule has 0 aliphatic carbocycles. The Bertz CT molecular complexity index is 2130. The molecule has 2 aromatic carbocycles. The second kappa shape index (κ2) is 14.9. The molecule has 1 spiro atoms. The highest BCUT2D eigenvalue weighted by Gasteiger charge is 2.46. The number of fused-ring (bicyclic) bond motifs is 2. The fourth-order valence-electron chi connectivity index (χ4n) is 8.32. The van der Waals surface area contributed by atoms with Gasteiger partial charge in [-0.1, -0.05) is 25.3 Å². The highest BCUT2D eigenvalue weighted by atomic mass is 19.4. The van der Waals surface area contributed by atoms with E-state index in [2.05, 4.69) is 38.1 Å². The van der Waals surface area contributed by atoms with Crippen molar-refractivity contribution in [1.29, 1.82) is 0 Å². The summed E-state index contributed by atoms with van der Waals surface area (Å²) in [6.07, 6.45) is 6.62. The van der Waals surface area contributed by atoms with Crippen LogP contribution in [-0.2, 0) is 4.79 Å². The van der Waals surface area contributed by atoms with E-state index >= 15 is 0 Å². The number of hydrogen-bond donors (Lipinski definition) is 2. The maximum atomic E-state index is 14.0. The van der Waals surface area contributed by atoms with E-state index in [9.17, 15) is 18.0 Å². The van der Waals surface area contributed by atoms with E-state index < -0.39 is 12.8 Å². The minimum atomic E-state index is -4.60. The van der Waals surface area contributed by atoms with Crippen LogP contribution in [0.4, 0.5) is 19.0 Å². The molecule has 4 aromatic rings. The summed E-state index contributed by atoms with van der Waals surface area (Å²) in [7, 11) is 1.71. The van der Waals surface area contributed by atoms with E-state index in [1.165, 1.54) is 6.08 Å². The Hall–Kier alpha value is -5.24. The number of likely N-dealkylation sites (tertiary alicyclic amines) is 2. The van der Waals surface area contributed by atoms with E-state index in [0.717, 1.165) is 60.8 Å². The molecule has 14 heteroatoms. The van der Waals surface area contributed by atoms with Gasteiger partial charge in [0, 0.05) is 73.7 Å². The lowest BCUT2D eigenvalue weighted by Crippen LogP contribution is -2.61. The summed E-state index contributed by atoms with van der Waals surface area (Å²) in [5, 5.41) is 8.59. The van der Waals surface area contributed by atoms with Crippen molar-refractivity contribution in [3.8, 4) is 16.9 Å². The number of amides is 1. The zero-order chi connectivity index (χ0) is 38.2. The first-order valence-corrected chi connectivity index (χ1v) is 18.3. The van der Waals surface area contributed by atoms with Crippen molar-refractivity contribution in [3.63, 3.8) is 0 Å². The number of carbonyl (C=O) groups excluding carboxylic acids is 1. The number of halogens is 3. The van der Waals surface area contributed by atoms with Gasteiger partial charge in [0.2, 0.25) is 5.91 Å². The second-order valence-electron chi connectivity index (χ2n) is 14.7. The lowest BCUT2D eigenvalue weighted by Gasteiger charge is -2.54. The number of carbonyl (C=O) groups is 1. The molecule has 3 aliphatic rings. The number of nitrogens with zero attached hydrogens (tertiary/aromatic N) is 7. The van der Waals surface area contributed by atoms with Crippen molar-refractivity contribution in [2.75, 3.05) is 64.4 Å². The van der Waals surface area contributed by atoms with Crippen LogP contribution in [0.3, 0.4) is 0 Å². The number of nitrogens with two attached hydrogens (primary N) is 1. The number of H-pyrrole nitrogens is 1. The number of piperidine rings is 2. The van der Waals surface area contributed by atoms with Crippen LogP contribution in [0, 0.1) is 12.3 Å². The standard InChI is InChI=1S/C40H46F3N9O2/c1-5-27-17-29-35(36(54-24-40(41,42)43)34(27)33-25(3)7-8-31-30(33)20-46-49-31)47-37(28-9-13-50(14-10-28)21-26(18-44)19-45-4)48-38(29)51-15-11-39(12-16-51)22-52(23-39)32(53)6-2/h5-8,17-20,28H,1-2,9-16,21-24,44H2,3-4H3,(H,46,49). The second-order valence-corrected chi connectivity index (χ2v) is 14.7. The van der Waals surface area contributed by atoms with Gasteiger partial charge in [-0.05, 0) is 92.4 Å². The van der Waals surface area contributed by atoms with Crippen LogP contribution in [0.25, 0.3) is 39.0 Å². The van der Waals surface area contributed by atoms with Gasteiger partial charge in [-0.25, -0.2) is 9.97 Å². The Morgan fingerprint density at radius 3 is 2.50 bits per heavy atom. The molecule has 1 amide bonds. The van der Waals surface area contributed by atoms with Crippen LogP contribution in [0.2, 0.25) is 0 Å². The Balaban J connectivity index is 1.35. The SMILES string of the molecule is C=CC(=O)N1CC2(CCN(c3nc(C4CCN(CC(C=NC)=CN)CC4)nc4c(OCC(F)(F)F)c(-c5c(C)ccc6[nH]ncc56)c(C=C)cc34)CC2)C1. The minimum Gasteiger partial charge on any atom is -0.481 e. The van der Waals surface area contributed by atoms with Crippen LogP contribution < -0.4 is 15.4 Å². The Labute approximate surface area is 312 Å². The number of ether oxygens (including phenoxy) is 1. The molecule has 5 heterocycles. The number of hydrogen-bond acceptors (Lipinski definition) is 9. The third kappa shape index (κ3) is 7.18. The molecule has 3 aliphatic heterocycles. The monoisotopic (exact) mass is 741 g/mol. The Kier molecular flexibility index (Phi) is 10.2. The van der Waals surface area contributed by atoms with Crippen molar-refractivity contribution in [2.45, 2.75) is 44.7 Å². The number of aliphatic imine (C=N–C) groups is 1. The predicted octanol–water partition coefficient (Wildman–Crippen LogP) is 6.40. The number of aryl methyl sites for hydroxylation is 1. The number of aromatic amines is 1. The molecular formula is C40H46F3N9O2. The summed E-state index contributed by atoms with van der Waals surface area (Å²) in [4.78, 5) is 33.1. The predicted molar refractivity (Wildman–Crippen MR) is 207 cm³/mol. The summed E-state index contributed by atoms with van der Waals surface area (Å²) >= 11 is 0. The van der Waals surface area contributed by atoms with Gasteiger partial charge in [0.1, 0.15) is 17.2 Å². The van der Waals surface area contributed by atoms with Crippen molar-refractivity contribution in [2.24, 2.45) is 16.1 Å². The number of nitrogens with one attached hydrogen (secondary N) is 1. The van der Waals surface area contributed by atoms with Crippen LogP contribution in [0.15, 0.2) is 60.4 Å². The summed E-state index contributed by atoms with van der Waals surface area (Å²) in [5.74, 6) is 1.20. The summed E-state index contributed by atoms with van der Waals surface area (Å²) in [6.45, 7) is 13.1. The smallest absolute Gasteiger partial charge is 0.422 e. The third-order valence-electron chi connectivity index (χ3n) is 11.2.